The highest BCUT2D eigenvalue weighted by molar-refractivity contribution is 7.78. The summed E-state index contributed by atoms with van der Waals surface area (Å²) in [5.74, 6) is 1.09. The van der Waals surface area contributed by atoms with Crippen LogP contribution in [0.15, 0.2) is 85.3 Å². The molecule has 0 bridgehead atoms. The van der Waals surface area contributed by atoms with Crippen LogP contribution in [0.1, 0.15) is 31.9 Å². The highest BCUT2D eigenvalue weighted by Gasteiger charge is 2.40. The number of primary amides is 1. The summed E-state index contributed by atoms with van der Waals surface area (Å²) in [6.07, 6.45) is 11.5. The third-order valence-corrected chi connectivity index (χ3v) is 7.01. The number of hydrogen-bond donors (Lipinski definition) is 5. The van der Waals surface area contributed by atoms with E-state index < -0.39 is 0 Å². The van der Waals surface area contributed by atoms with Crippen molar-refractivity contribution in [1.82, 2.24) is 19.9 Å². The van der Waals surface area contributed by atoms with Crippen LogP contribution in [0.25, 0.3) is 16.5 Å². The lowest BCUT2D eigenvalue weighted by Gasteiger charge is -2.14. The number of allylic oxidation sites excluding steroid dienone is 6. The number of ether oxygens (including phenoxy) is 1. The van der Waals surface area contributed by atoms with Gasteiger partial charge in [0.25, 0.3) is 0 Å². The molecule has 11 nitrogen and oxygen atoms in total. The van der Waals surface area contributed by atoms with Crippen LogP contribution in [-0.2, 0) is 19.2 Å². The van der Waals surface area contributed by atoms with Gasteiger partial charge in [0.2, 0.25) is 11.8 Å². The Morgan fingerprint density at radius 3 is 2.23 bits per heavy atom. The lowest BCUT2D eigenvalue weighted by Crippen LogP contribution is -2.37. The first kappa shape index (κ1) is 42.5. The number of pyridine rings is 1. The van der Waals surface area contributed by atoms with Gasteiger partial charge < -0.3 is 30.3 Å². The number of hydrogen-bond acceptors (Lipinski definition) is 9. The third-order valence-electron chi connectivity index (χ3n) is 6.79. The minimum absolute atomic E-state index is 0.00463. The second-order valence-corrected chi connectivity index (χ2v) is 10.7. The summed E-state index contributed by atoms with van der Waals surface area (Å²) >= 11 is 3.64. The topological polar surface area (TPSA) is 164 Å². The number of nitrogens with one attached hydrogen (secondary N) is 3. The van der Waals surface area contributed by atoms with Crippen LogP contribution in [0, 0.1) is 11.8 Å². The molecule has 2 aliphatic rings. The number of aromatic amines is 1. The number of benzene rings is 1. The molecule has 1 saturated heterocycles. The van der Waals surface area contributed by atoms with Gasteiger partial charge in [-0.1, -0.05) is 56.9 Å². The molecule has 256 valence electrons. The lowest BCUT2D eigenvalue weighted by molar-refractivity contribution is -0.122. The molecule has 3 atom stereocenters. The Morgan fingerprint density at radius 2 is 1.87 bits per heavy atom. The maximum atomic E-state index is 12.1. The molecule has 5 N–H and O–H groups in total. The molecule has 2 heterocycles. The van der Waals surface area contributed by atoms with Crippen LogP contribution in [0.5, 0.6) is 5.75 Å². The maximum Gasteiger partial charge on any atom is 0.234 e. The number of nitrogens with two attached hydrogens (primary N) is 1. The molecular weight excluding hydrogens is 618 g/mol. The Hall–Kier alpha value is -4.52. The third kappa shape index (κ3) is 16.0. The number of likely N-dealkylation sites (tertiary alicyclic amines) is 1. The number of thiol groups is 1. The first-order valence-electron chi connectivity index (χ1n) is 14.8. The Balaban J connectivity index is 0.000000634. The van der Waals surface area contributed by atoms with Gasteiger partial charge >= 0.3 is 0 Å². The highest BCUT2D eigenvalue weighted by Crippen LogP contribution is 2.39. The number of aldehydes is 2. The van der Waals surface area contributed by atoms with Gasteiger partial charge in [-0.15, -0.1) is 6.58 Å². The molecule has 1 aliphatic carbocycles. The predicted molar refractivity (Wildman–Crippen MR) is 194 cm³/mol. The molecule has 47 heavy (non-hydrogen) atoms. The first-order chi connectivity index (χ1) is 22.4. The number of carbonyl (C=O) groups is 4. The van der Waals surface area contributed by atoms with Gasteiger partial charge in [-0.3, -0.25) is 24.1 Å². The maximum absolute atomic E-state index is 12.1. The zero-order valence-electron chi connectivity index (χ0n) is 27.8. The summed E-state index contributed by atoms with van der Waals surface area (Å²) in [7, 11) is 5.26. The molecule has 2 aromatic rings. The second kappa shape index (κ2) is 23.8. The minimum Gasteiger partial charge on any atom is -0.497 e. The SMILES string of the molecule is C=C(C)C=O.C=C/C=C(\C=C)c1cc(=O)c2ccc(OC)cc2[nH]1.C=CC1CC1C(=O)NS.CN1CCCC1C(N)=O.CNCC=O. The molecule has 0 spiro atoms. The summed E-state index contributed by atoms with van der Waals surface area (Å²) in [5.41, 5.74) is 7.90. The molecule has 1 saturated carbocycles. The molecule has 12 heteroatoms. The van der Waals surface area contributed by atoms with Crippen molar-refractivity contribution in [1.29, 1.82) is 0 Å². The van der Waals surface area contributed by atoms with Crippen LogP contribution in [0.2, 0.25) is 0 Å². The first-order valence-corrected chi connectivity index (χ1v) is 15.3. The summed E-state index contributed by atoms with van der Waals surface area (Å²) < 4.78 is 7.46. The van der Waals surface area contributed by atoms with E-state index in [0.29, 0.717) is 34.9 Å². The number of carbonyl (C=O) groups excluding carboxylic acids is 4. The van der Waals surface area contributed by atoms with Crippen molar-refractivity contribution in [2.45, 2.75) is 32.2 Å². The van der Waals surface area contributed by atoms with E-state index in [4.69, 9.17) is 10.5 Å². The van der Waals surface area contributed by atoms with Gasteiger partial charge in [-0.25, -0.2) is 0 Å². The molecule has 2 amide bonds. The number of fused-ring (bicyclic) bond motifs is 1. The zero-order chi connectivity index (χ0) is 35.9. The van der Waals surface area contributed by atoms with Crippen molar-refractivity contribution in [3.8, 4) is 5.75 Å². The molecule has 2 fully saturated rings. The number of amides is 2. The van der Waals surface area contributed by atoms with Crippen molar-refractivity contribution < 1.29 is 23.9 Å². The van der Waals surface area contributed by atoms with Gasteiger partial charge in [-0.05, 0) is 76.0 Å². The summed E-state index contributed by atoms with van der Waals surface area (Å²) in [6.45, 7) is 17.4. The van der Waals surface area contributed by atoms with E-state index in [9.17, 15) is 24.0 Å². The van der Waals surface area contributed by atoms with Crippen molar-refractivity contribution in [3.05, 3.63) is 96.4 Å². The monoisotopic (exact) mass is 667 g/mol. The van der Waals surface area contributed by atoms with E-state index in [1.54, 1.807) is 63.6 Å². The van der Waals surface area contributed by atoms with Gasteiger partial charge in [-0.2, -0.15) is 0 Å². The van der Waals surface area contributed by atoms with E-state index in [1.807, 2.05) is 18.0 Å². The normalized spacial score (nSPS) is 17.6. The molecule has 1 aliphatic heterocycles. The predicted octanol–water partition coefficient (Wildman–Crippen LogP) is 3.79. The minimum atomic E-state index is -0.185. The number of aromatic nitrogens is 1. The Morgan fingerprint density at radius 1 is 1.21 bits per heavy atom. The van der Waals surface area contributed by atoms with Crippen molar-refractivity contribution in [3.63, 3.8) is 0 Å². The number of H-pyrrole nitrogens is 1. The molecule has 3 unspecified atom stereocenters. The average molecular weight is 668 g/mol. The van der Waals surface area contributed by atoms with E-state index in [2.05, 4.69) is 54.2 Å². The van der Waals surface area contributed by atoms with E-state index in [0.717, 1.165) is 49.5 Å². The number of rotatable bonds is 10. The van der Waals surface area contributed by atoms with E-state index in [-0.39, 0.29) is 29.2 Å². The van der Waals surface area contributed by atoms with Gasteiger partial charge in [0.15, 0.2) is 5.43 Å². The molecule has 1 aromatic heterocycles. The van der Waals surface area contributed by atoms with Crippen molar-refractivity contribution >= 4 is 53.7 Å². The second-order valence-electron chi connectivity index (χ2n) is 10.5. The average Bonchev–Trinajstić information content (AvgIpc) is 3.74. The molecular formula is C35H49N5O6S. The van der Waals surface area contributed by atoms with E-state index >= 15 is 0 Å². The summed E-state index contributed by atoms with van der Waals surface area (Å²) in [4.78, 5) is 57.3. The zero-order valence-corrected chi connectivity index (χ0v) is 28.7. The lowest BCUT2D eigenvalue weighted by atomic mass is 10.1. The molecule has 4 rings (SSSR count). The number of likely N-dealkylation sites (N-methyl/N-ethyl adjacent to an activating group) is 2. The molecule has 1 aromatic carbocycles. The quantitative estimate of drug-likeness (QED) is 0.0840. The van der Waals surface area contributed by atoms with Crippen molar-refractivity contribution in [2.75, 3.05) is 34.3 Å². The van der Waals surface area contributed by atoms with Crippen LogP contribution in [0.4, 0.5) is 0 Å². The number of methoxy groups -OCH3 is 1. The van der Waals surface area contributed by atoms with Gasteiger partial charge in [0.1, 0.15) is 18.3 Å². The largest absolute Gasteiger partial charge is 0.497 e. The Kier molecular flexibility index (Phi) is 21.5. The smallest absolute Gasteiger partial charge is 0.234 e. The van der Waals surface area contributed by atoms with Gasteiger partial charge in [0.05, 0.1) is 25.2 Å². The Labute approximate surface area is 283 Å². The fourth-order valence-corrected chi connectivity index (χ4v) is 4.29. The van der Waals surface area contributed by atoms with Crippen molar-refractivity contribution in [2.24, 2.45) is 17.6 Å². The van der Waals surface area contributed by atoms with Crippen LogP contribution >= 0.6 is 12.8 Å². The number of nitrogens with zero attached hydrogens (tertiary/aromatic N) is 1. The van der Waals surface area contributed by atoms with E-state index in [1.165, 1.54) is 0 Å². The molecule has 0 radical (unpaired) electrons. The van der Waals surface area contributed by atoms with Crippen LogP contribution in [0.3, 0.4) is 0 Å². The van der Waals surface area contributed by atoms with Crippen LogP contribution in [-0.4, -0.2) is 74.6 Å². The standard InChI is InChI=1S/C16H15NO2.C6H12N2O.C6H9NOS.C4H6O.C3H7NO/c1-4-6-11(5-2)14-10-16(18)13-8-7-12(19-3)9-15(13)17-14;1-8-4-2-3-5(8)6(7)9;1-2-4-3-5(4)6(8)7-9;1-4(2)3-5;1-4-2-3-5/h4-10H,1-2H2,3H3,(H,17,18);5H,2-4H2,1H3,(H2,7,9);2,4-5,9H,1,3H2,(H,7,8);3H,1H2,2H3;3-4H,2H2,1H3/b11-6+;;;;. The fourth-order valence-electron chi connectivity index (χ4n) is 4.12. The Bertz CT molecular complexity index is 1470. The van der Waals surface area contributed by atoms with Crippen LogP contribution < -0.4 is 25.9 Å². The fraction of sp³-hybridized carbons (Fsp3) is 0.343. The summed E-state index contributed by atoms with van der Waals surface area (Å²) in [6, 6.07) is 6.89. The van der Waals surface area contributed by atoms with Gasteiger partial charge in [0, 0.05) is 29.1 Å². The summed E-state index contributed by atoms with van der Waals surface area (Å²) in [5, 5.41) is 3.28. The highest BCUT2D eigenvalue weighted by atomic mass is 32.1.